The van der Waals surface area contributed by atoms with Gasteiger partial charge < -0.3 is 13.4 Å². The van der Waals surface area contributed by atoms with Gasteiger partial charge in [0.15, 0.2) is 17.5 Å². The molecule has 0 saturated heterocycles. The first-order chi connectivity index (χ1) is 29.2. The molecule has 59 heavy (non-hydrogen) atoms. The second-order valence-electron chi connectivity index (χ2n) is 15.2. The zero-order valence-electron chi connectivity index (χ0n) is 31.4. The van der Waals surface area contributed by atoms with Crippen LogP contribution in [-0.4, -0.2) is 19.5 Å². The van der Waals surface area contributed by atoms with Gasteiger partial charge in [0.25, 0.3) is 0 Å². The highest BCUT2D eigenvalue weighted by molar-refractivity contribution is 6.15. The van der Waals surface area contributed by atoms with Crippen molar-refractivity contribution in [3.05, 3.63) is 182 Å². The fourth-order valence-electron chi connectivity index (χ4n) is 9.02. The van der Waals surface area contributed by atoms with Gasteiger partial charge in [0, 0.05) is 60.8 Å². The van der Waals surface area contributed by atoms with Crippen LogP contribution < -0.4 is 0 Å². The van der Waals surface area contributed by atoms with E-state index in [1.165, 1.54) is 21.5 Å². The molecule has 4 heterocycles. The SMILES string of the molecule is c1ccc2cc(-c3nc(-c4ccc5c(c4)oc4ccccc45)nc(-c4cccc5oc6cc(-n7c8ccccc8c8cc9ccccc9cc87)ccc6c45)n3)ccc2c1. The van der Waals surface area contributed by atoms with Crippen molar-refractivity contribution in [2.75, 3.05) is 0 Å². The lowest BCUT2D eigenvalue weighted by atomic mass is 10.0. The molecule has 4 aromatic heterocycles. The number of nitrogens with zero attached hydrogens (tertiary/aromatic N) is 4. The first kappa shape index (κ1) is 32.0. The summed E-state index contributed by atoms with van der Waals surface area (Å²) in [6.45, 7) is 0. The van der Waals surface area contributed by atoms with Gasteiger partial charge >= 0.3 is 0 Å². The first-order valence-corrected chi connectivity index (χ1v) is 19.8. The van der Waals surface area contributed by atoms with Crippen molar-refractivity contribution in [1.82, 2.24) is 19.5 Å². The monoisotopic (exact) mass is 754 g/mol. The molecule has 6 nitrogen and oxygen atoms in total. The molecule has 13 rings (SSSR count). The topological polar surface area (TPSA) is 69.9 Å². The van der Waals surface area contributed by atoms with E-state index in [0.717, 1.165) is 88.1 Å². The molecule has 0 N–H and O–H groups in total. The molecular weight excluding hydrogens is 725 g/mol. The normalized spacial score (nSPS) is 12.1. The van der Waals surface area contributed by atoms with Crippen molar-refractivity contribution in [3.8, 4) is 39.9 Å². The van der Waals surface area contributed by atoms with Crippen LogP contribution in [0.15, 0.2) is 191 Å². The van der Waals surface area contributed by atoms with Gasteiger partial charge in [-0.05, 0) is 82.2 Å². The van der Waals surface area contributed by atoms with Crippen LogP contribution in [0.1, 0.15) is 0 Å². The lowest BCUT2D eigenvalue weighted by Gasteiger charge is -2.10. The van der Waals surface area contributed by atoms with Crippen LogP contribution in [0.5, 0.6) is 0 Å². The Kier molecular flexibility index (Phi) is 6.63. The van der Waals surface area contributed by atoms with Crippen LogP contribution in [0.3, 0.4) is 0 Å². The number of benzene rings is 9. The third-order valence-corrected chi connectivity index (χ3v) is 11.8. The summed E-state index contributed by atoms with van der Waals surface area (Å²) in [5.74, 6) is 1.72. The molecule has 9 aromatic carbocycles. The average Bonchev–Trinajstić information content (AvgIpc) is 3.96. The number of aromatic nitrogens is 4. The van der Waals surface area contributed by atoms with Crippen molar-refractivity contribution in [2.45, 2.75) is 0 Å². The van der Waals surface area contributed by atoms with Crippen molar-refractivity contribution < 1.29 is 8.83 Å². The van der Waals surface area contributed by atoms with Gasteiger partial charge in [0.2, 0.25) is 0 Å². The smallest absolute Gasteiger partial charge is 0.164 e. The summed E-state index contributed by atoms with van der Waals surface area (Å²) >= 11 is 0. The fraction of sp³-hybridized carbons (Fsp3) is 0. The maximum absolute atomic E-state index is 6.71. The van der Waals surface area contributed by atoms with Crippen LogP contribution in [0.25, 0.3) is 127 Å². The van der Waals surface area contributed by atoms with Crippen LogP contribution in [0.2, 0.25) is 0 Å². The predicted octanol–water partition coefficient (Wildman–Crippen LogP) is 14.1. The van der Waals surface area contributed by atoms with Gasteiger partial charge in [-0.1, -0.05) is 115 Å². The molecule has 13 aromatic rings. The molecule has 0 aliphatic carbocycles. The molecule has 274 valence electrons. The first-order valence-electron chi connectivity index (χ1n) is 19.8. The highest BCUT2D eigenvalue weighted by atomic mass is 16.3. The second-order valence-corrected chi connectivity index (χ2v) is 15.2. The van der Waals surface area contributed by atoms with Crippen molar-refractivity contribution in [2.24, 2.45) is 0 Å². The molecule has 0 aliphatic rings. The van der Waals surface area contributed by atoms with E-state index < -0.39 is 0 Å². The third-order valence-electron chi connectivity index (χ3n) is 11.8. The Morgan fingerprint density at radius 2 is 0.949 bits per heavy atom. The van der Waals surface area contributed by atoms with E-state index in [4.69, 9.17) is 23.8 Å². The quantitative estimate of drug-likeness (QED) is 0.179. The maximum atomic E-state index is 6.71. The van der Waals surface area contributed by atoms with Crippen molar-refractivity contribution in [3.63, 3.8) is 0 Å². The van der Waals surface area contributed by atoms with E-state index in [1.807, 2.05) is 36.4 Å². The van der Waals surface area contributed by atoms with E-state index in [9.17, 15) is 0 Å². The molecule has 0 unspecified atom stereocenters. The van der Waals surface area contributed by atoms with Crippen molar-refractivity contribution in [1.29, 1.82) is 0 Å². The molecular formula is C53H30N4O2. The van der Waals surface area contributed by atoms with Gasteiger partial charge in [-0.2, -0.15) is 0 Å². The number of rotatable bonds is 4. The summed E-state index contributed by atoms with van der Waals surface area (Å²) in [6, 6.07) is 63.4. The van der Waals surface area contributed by atoms with E-state index in [-0.39, 0.29) is 0 Å². The Bertz CT molecular complexity index is 3870. The lowest BCUT2D eigenvalue weighted by Crippen LogP contribution is -2.00. The molecule has 0 spiro atoms. The Balaban J connectivity index is 1.01. The Morgan fingerprint density at radius 3 is 1.81 bits per heavy atom. The minimum Gasteiger partial charge on any atom is -0.456 e. The highest BCUT2D eigenvalue weighted by Gasteiger charge is 2.20. The summed E-state index contributed by atoms with van der Waals surface area (Å²) in [5.41, 5.74) is 9.14. The lowest BCUT2D eigenvalue weighted by molar-refractivity contribution is 0.668. The van der Waals surface area contributed by atoms with E-state index in [1.54, 1.807) is 0 Å². The molecule has 0 radical (unpaired) electrons. The standard InChI is InChI=1S/C53H30N4O2/c1-2-11-32-26-35(21-20-31(32)10-1)51-54-52(36-22-24-40-39-15-6-8-18-46(39)58-48(40)29-36)56-53(55-51)42-16-9-19-47-50(42)41-25-23-37(30-49(41)59-47)57-44-17-7-5-14-38(44)43-27-33-12-3-4-13-34(33)28-45(43)57/h1-30H. The number of para-hydroxylation sites is 2. The molecule has 0 fully saturated rings. The third kappa shape index (κ3) is 4.90. The minimum absolute atomic E-state index is 0.562. The molecule has 0 atom stereocenters. The average molecular weight is 755 g/mol. The van der Waals surface area contributed by atoms with E-state index >= 15 is 0 Å². The molecule has 0 saturated carbocycles. The molecule has 0 amide bonds. The van der Waals surface area contributed by atoms with Gasteiger partial charge in [0.1, 0.15) is 22.3 Å². The second kappa shape index (κ2) is 12.2. The number of fused-ring (bicyclic) bond motifs is 11. The zero-order valence-corrected chi connectivity index (χ0v) is 31.4. The number of furan rings is 2. The van der Waals surface area contributed by atoms with Gasteiger partial charge in [-0.25, -0.2) is 15.0 Å². The Hall–Kier alpha value is -8.09. The minimum atomic E-state index is 0.562. The Morgan fingerprint density at radius 1 is 0.339 bits per heavy atom. The Labute approximate surface area is 336 Å². The van der Waals surface area contributed by atoms with Crippen LogP contribution in [-0.2, 0) is 0 Å². The van der Waals surface area contributed by atoms with E-state index in [2.05, 4.69) is 150 Å². The summed E-state index contributed by atoms with van der Waals surface area (Å²) in [5, 5.41) is 11.2. The van der Waals surface area contributed by atoms with Gasteiger partial charge in [0.05, 0.1) is 11.0 Å². The summed E-state index contributed by atoms with van der Waals surface area (Å²) in [6.07, 6.45) is 0. The summed E-state index contributed by atoms with van der Waals surface area (Å²) < 4.78 is 15.4. The maximum Gasteiger partial charge on any atom is 0.164 e. The highest BCUT2D eigenvalue weighted by Crippen LogP contribution is 2.40. The van der Waals surface area contributed by atoms with Gasteiger partial charge in [-0.15, -0.1) is 0 Å². The predicted molar refractivity (Wildman–Crippen MR) is 240 cm³/mol. The zero-order chi connectivity index (χ0) is 38.6. The largest absolute Gasteiger partial charge is 0.456 e. The van der Waals surface area contributed by atoms with E-state index in [0.29, 0.717) is 17.5 Å². The van der Waals surface area contributed by atoms with Gasteiger partial charge in [-0.3, -0.25) is 0 Å². The van der Waals surface area contributed by atoms with Crippen LogP contribution in [0, 0.1) is 0 Å². The summed E-state index contributed by atoms with van der Waals surface area (Å²) in [7, 11) is 0. The summed E-state index contributed by atoms with van der Waals surface area (Å²) in [4.78, 5) is 15.5. The fourth-order valence-corrected chi connectivity index (χ4v) is 9.02. The molecule has 0 bridgehead atoms. The van der Waals surface area contributed by atoms with Crippen molar-refractivity contribution >= 4 is 87.2 Å². The van der Waals surface area contributed by atoms with Crippen LogP contribution in [0.4, 0.5) is 0 Å². The van der Waals surface area contributed by atoms with Crippen LogP contribution >= 0.6 is 0 Å². The molecule has 6 heteroatoms. The molecule has 0 aliphatic heterocycles. The number of hydrogen-bond acceptors (Lipinski definition) is 5. The number of hydrogen-bond donors (Lipinski definition) is 0.